The number of nitrogens with zero attached hydrogens (tertiary/aromatic N) is 3. The Morgan fingerprint density at radius 3 is 1.41 bits per heavy atom. The van der Waals surface area contributed by atoms with Crippen LogP contribution in [0.5, 0.6) is 23.0 Å². The van der Waals surface area contributed by atoms with Crippen LogP contribution in [0.15, 0.2) is 226 Å². The summed E-state index contributed by atoms with van der Waals surface area (Å²) in [6, 6.07) is 49.3. The van der Waals surface area contributed by atoms with Crippen LogP contribution in [0.25, 0.3) is 16.1 Å². The van der Waals surface area contributed by atoms with Gasteiger partial charge in [0, 0.05) is 24.2 Å². The lowest BCUT2D eigenvalue weighted by Gasteiger charge is -2.31. The quantitative estimate of drug-likeness (QED) is 0.0589. The number of esters is 2. The fourth-order valence-corrected chi connectivity index (χ4v) is 11.0. The Kier molecular flexibility index (Phi) is 17.0. The first-order valence-electron chi connectivity index (χ1n) is 24.6. The van der Waals surface area contributed by atoms with E-state index in [-0.39, 0.29) is 44.2 Å². The van der Waals surface area contributed by atoms with Gasteiger partial charge in [-0.25, -0.2) is 26.5 Å². The number of ether oxygens (including phenoxy) is 4. The molecule has 15 heteroatoms. The third-order valence-electron chi connectivity index (χ3n) is 13.1. The average Bonchev–Trinajstić information content (AvgIpc) is 3.49. The minimum absolute atomic E-state index is 0.0794. The summed E-state index contributed by atoms with van der Waals surface area (Å²) >= 11 is 0. The largest absolute Gasteiger partial charge is 0.465 e. The number of benzene rings is 7. The second kappa shape index (κ2) is 24.2. The van der Waals surface area contributed by atoms with E-state index in [9.17, 15) is 31.7 Å². The molecule has 1 aliphatic rings. The highest BCUT2D eigenvalue weighted by Gasteiger charge is 2.31. The Balaban J connectivity index is 0.937. The number of allylic oxidation sites excluding steroid dienone is 3. The van der Waals surface area contributed by atoms with Gasteiger partial charge in [-0.1, -0.05) is 90.8 Å². The first-order valence-corrected chi connectivity index (χ1v) is 27.6. The van der Waals surface area contributed by atoms with E-state index in [4.69, 9.17) is 20.8 Å². The summed E-state index contributed by atoms with van der Waals surface area (Å²) in [7, 11) is -6.23. The van der Waals surface area contributed by atoms with E-state index in [1.165, 1.54) is 31.4 Å². The number of aryl methyl sites for hydroxylation is 2. The summed E-state index contributed by atoms with van der Waals surface area (Å²) in [6.45, 7) is 14.1. The molecular weight excluding hydrogens is 1020 g/mol. The molecule has 0 amide bonds. The molecule has 0 radical (unpaired) electrons. The Morgan fingerprint density at radius 1 is 0.615 bits per heavy atom. The van der Waals surface area contributed by atoms with Crippen molar-refractivity contribution >= 4 is 42.9 Å². The highest BCUT2D eigenvalue weighted by molar-refractivity contribution is 7.91. The summed E-state index contributed by atoms with van der Waals surface area (Å²) in [5.74, 6) is 0.799. The van der Waals surface area contributed by atoms with Crippen LogP contribution in [0, 0.1) is 31.8 Å². The van der Waals surface area contributed by atoms with E-state index in [0.29, 0.717) is 52.1 Å². The summed E-state index contributed by atoms with van der Waals surface area (Å²) in [6.07, 6.45) is 9.49. The number of sulfone groups is 2. The monoisotopic (exact) mass is 1080 g/mol. The molecule has 0 saturated heterocycles. The van der Waals surface area contributed by atoms with Gasteiger partial charge in [0.15, 0.2) is 5.70 Å². The minimum Gasteiger partial charge on any atom is -0.465 e. The standard InChI is InChI=1S/C63H53N3O10S2/c1-44-6-26-55(27-7-44)77(69,70)57-30-22-53(23-31-57)75-51-18-14-49(15-19-51)63(3,50-16-20-52(21-17-50)76-54-24-32-58(33-25-54)78(71,72)56-28-8-45(2)9-29-56)37-34-61(67)74-41-40-66-38-35-46(36-39-66)42-60(65-4)48-12-10-47(11-13-48)59(43-64)62(68)73-5/h6-33,35-36,38-39,42H,34,37,40-41H2,1-3,5H3. The highest BCUT2D eigenvalue weighted by Crippen LogP contribution is 2.39. The van der Waals surface area contributed by atoms with Crippen molar-refractivity contribution in [3.05, 3.63) is 250 Å². The lowest BCUT2D eigenvalue weighted by atomic mass is 9.73. The van der Waals surface area contributed by atoms with Crippen molar-refractivity contribution in [3.8, 4) is 29.1 Å². The average molecular weight is 1080 g/mol. The molecule has 0 saturated carbocycles. The SMILES string of the molecule is [C-]#[N+]C(C=C1C=CN(CCOC(=O)CCC(C)(c2ccc(Oc3ccc(S(=O)(=O)c4ccc(C)cc4)cc3)cc2)c2ccc(Oc3ccc(S(=O)(=O)c4ccc(C)cc4)cc3)cc2)C=C1)=c1ccc(=C(C#N)C(=O)OC)cc1. The normalized spacial score (nSPS) is 12.2. The van der Waals surface area contributed by atoms with Crippen molar-refractivity contribution in [2.75, 3.05) is 20.3 Å². The number of hydrogen-bond acceptors (Lipinski definition) is 12. The van der Waals surface area contributed by atoms with E-state index >= 15 is 0 Å². The van der Waals surface area contributed by atoms with Crippen molar-refractivity contribution in [2.24, 2.45) is 0 Å². The van der Waals surface area contributed by atoms with Crippen molar-refractivity contribution in [2.45, 2.75) is 58.6 Å². The number of carbonyl (C=O) groups is 2. The molecule has 1 aliphatic heterocycles. The predicted molar refractivity (Wildman–Crippen MR) is 296 cm³/mol. The topological polar surface area (TPSA) is 171 Å². The predicted octanol–water partition coefficient (Wildman–Crippen LogP) is 11.0. The van der Waals surface area contributed by atoms with Crippen LogP contribution in [-0.4, -0.2) is 53.9 Å². The van der Waals surface area contributed by atoms with Gasteiger partial charge >= 0.3 is 11.9 Å². The van der Waals surface area contributed by atoms with E-state index < -0.39 is 31.1 Å². The van der Waals surface area contributed by atoms with Gasteiger partial charge in [0.1, 0.15) is 41.2 Å². The maximum Gasteiger partial charge on any atom is 0.349 e. The van der Waals surface area contributed by atoms with Gasteiger partial charge in [0.25, 0.3) is 0 Å². The van der Waals surface area contributed by atoms with E-state index in [1.807, 2.05) is 105 Å². The van der Waals surface area contributed by atoms with Crippen LogP contribution in [0.3, 0.4) is 0 Å². The molecule has 0 spiro atoms. The summed E-state index contributed by atoms with van der Waals surface area (Å²) in [5.41, 5.74) is 3.95. The smallest absolute Gasteiger partial charge is 0.349 e. The Morgan fingerprint density at radius 2 is 1.01 bits per heavy atom. The van der Waals surface area contributed by atoms with Crippen molar-refractivity contribution < 1.29 is 45.4 Å². The summed E-state index contributed by atoms with van der Waals surface area (Å²) < 4.78 is 75.8. The minimum atomic E-state index is -3.72. The van der Waals surface area contributed by atoms with Crippen molar-refractivity contribution in [1.29, 1.82) is 5.26 Å². The molecule has 0 aliphatic carbocycles. The lowest BCUT2D eigenvalue weighted by molar-refractivity contribution is -0.144. The summed E-state index contributed by atoms with van der Waals surface area (Å²) in [5, 5.41) is 10.4. The molecule has 0 N–H and O–H groups in total. The molecule has 7 aromatic carbocycles. The van der Waals surface area contributed by atoms with Crippen LogP contribution in [0.2, 0.25) is 0 Å². The van der Waals surface area contributed by atoms with Gasteiger partial charge in [0.05, 0.1) is 39.8 Å². The molecule has 0 aromatic heterocycles. The zero-order chi connectivity index (χ0) is 55.5. The van der Waals surface area contributed by atoms with Crippen molar-refractivity contribution in [3.63, 3.8) is 0 Å². The van der Waals surface area contributed by atoms with E-state index in [1.54, 1.807) is 103 Å². The fourth-order valence-electron chi connectivity index (χ4n) is 8.47. The third kappa shape index (κ3) is 13.0. The van der Waals surface area contributed by atoms with Gasteiger partial charge in [-0.2, -0.15) is 5.26 Å². The number of carbonyl (C=O) groups excluding carboxylic acids is 2. The third-order valence-corrected chi connectivity index (χ3v) is 16.7. The Labute approximate surface area is 454 Å². The first-order chi connectivity index (χ1) is 37.5. The summed E-state index contributed by atoms with van der Waals surface area (Å²) in [4.78, 5) is 31.7. The van der Waals surface area contributed by atoms with Crippen molar-refractivity contribution in [1.82, 2.24) is 4.90 Å². The van der Waals surface area contributed by atoms with Gasteiger partial charge in [0.2, 0.25) is 19.7 Å². The number of hydrogen-bond donors (Lipinski definition) is 0. The van der Waals surface area contributed by atoms with Gasteiger partial charge in [-0.15, -0.1) is 0 Å². The van der Waals surface area contributed by atoms with Gasteiger partial charge < -0.3 is 23.8 Å². The molecule has 0 fully saturated rings. The number of rotatable bonds is 18. The second-order valence-corrected chi connectivity index (χ2v) is 22.3. The van der Waals surface area contributed by atoms with Crippen LogP contribution < -0.4 is 19.9 Å². The van der Waals surface area contributed by atoms with E-state index in [0.717, 1.165) is 27.8 Å². The number of nitriles is 1. The van der Waals surface area contributed by atoms with E-state index in [2.05, 4.69) is 9.58 Å². The molecule has 78 heavy (non-hydrogen) atoms. The molecular formula is C63H53N3O10S2. The van der Waals surface area contributed by atoms with Crippen LogP contribution in [-0.2, 0) is 44.2 Å². The van der Waals surface area contributed by atoms with Gasteiger partial charge in [-0.3, -0.25) is 4.79 Å². The molecule has 13 nitrogen and oxygen atoms in total. The molecule has 392 valence electrons. The Hall–Kier alpha value is -9.28. The zero-order valence-electron chi connectivity index (χ0n) is 43.1. The van der Waals surface area contributed by atoms with Crippen LogP contribution in [0.4, 0.5) is 0 Å². The fraction of sp³-hybridized carbons (Fsp3) is 0.143. The second-order valence-electron chi connectivity index (χ2n) is 18.4. The maximum atomic E-state index is 13.5. The lowest BCUT2D eigenvalue weighted by Crippen LogP contribution is -2.26. The zero-order valence-corrected chi connectivity index (χ0v) is 44.8. The molecule has 8 rings (SSSR count). The maximum absolute atomic E-state index is 13.5. The molecule has 0 bridgehead atoms. The highest BCUT2D eigenvalue weighted by atomic mass is 32.2. The number of methoxy groups -OCH3 is 1. The molecule has 0 unspecified atom stereocenters. The first kappa shape index (κ1) is 55.0. The molecule has 7 aromatic rings. The van der Waals surface area contributed by atoms with Gasteiger partial charge in [-0.05, 0) is 163 Å². The molecule has 0 atom stereocenters. The molecule has 1 heterocycles. The van der Waals surface area contributed by atoms with Crippen LogP contribution >= 0.6 is 0 Å². The Bertz CT molecular complexity index is 3690. The van der Waals surface area contributed by atoms with Crippen LogP contribution in [0.1, 0.15) is 42.0 Å².